The van der Waals surface area contributed by atoms with E-state index in [0.717, 1.165) is 30.4 Å². The Morgan fingerprint density at radius 1 is 1.47 bits per heavy atom. The molecule has 0 radical (unpaired) electrons. The summed E-state index contributed by atoms with van der Waals surface area (Å²) in [6.07, 6.45) is 1.57. The highest BCUT2D eigenvalue weighted by atomic mass is 32.2. The SMILES string of the molecule is CCN(CC)CCSc1ncc(C#N)cc1N. The molecule has 0 amide bonds. The summed E-state index contributed by atoms with van der Waals surface area (Å²) in [7, 11) is 0. The Morgan fingerprint density at radius 3 is 2.71 bits per heavy atom. The molecule has 1 rings (SSSR count). The van der Waals surface area contributed by atoms with Gasteiger partial charge >= 0.3 is 0 Å². The molecule has 4 nitrogen and oxygen atoms in total. The number of aromatic nitrogens is 1. The fourth-order valence-corrected chi connectivity index (χ4v) is 2.36. The van der Waals surface area contributed by atoms with Gasteiger partial charge in [0.2, 0.25) is 0 Å². The molecule has 0 bridgehead atoms. The largest absolute Gasteiger partial charge is 0.397 e. The van der Waals surface area contributed by atoms with Gasteiger partial charge in [-0.15, -0.1) is 11.8 Å². The van der Waals surface area contributed by atoms with Crippen molar-refractivity contribution in [3.8, 4) is 6.07 Å². The molecule has 0 unspecified atom stereocenters. The van der Waals surface area contributed by atoms with Gasteiger partial charge in [0.1, 0.15) is 11.1 Å². The van der Waals surface area contributed by atoms with Crippen LogP contribution in [-0.4, -0.2) is 35.3 Å². The van der Waals surface area contributed by atoms with Crippen LogP contribution in [0.15, 0.2) is 17.3 Å². The molecule has 1 aromatic rings. The maximum Gasteiger partial charge on any atom is 0.119 e. The van der Waals surface area contributed by atoms with Crippen molar-refractivity contribution >= 4 is 17.4 Å². The fraction of sp³-hybridized carbons (Fsp3) is 0.500. The van der Waals surface area contributed by atoms with Gasteiger partial charge in [-0.05, 0) is 19.2 Å². The fourth-order valence-electron chi connectivity index (χ4n) is 1.46. The smallest absolute Gasteiger partial charge is 0.119 e. The van der Waals surface area contributed by atoms with E-state index in [1.165, 1.54) is 0 Å². The Hall–Kier alpha value is -1.25. The molecule has 0 atom stereocenters. The number of nitriles is 1. The standard InChI is InChI=1S/C12H18N4S/c1-3-16(4-2)5-6-17-12-11(14)7-10(8-13)9-15-12/h7,9H,3-6,14H2,1-2H3. The van der Waals surface area contributed by atoms with Crippen LogP contribution >= 0.6 is 11.8 Å². The number of nitrogen functional groups attached to an aromatic ring is 1. The number of nitrogens with zero attached hydrogens (tertiary/aromatic N) is 3. The third kappa shape index (κ3) is 4.25. The summed E-state index contributed by atoms with van der Waals surface area (Å²) in [6.45, 7) is 7.46. The lowest BCUT2D eigenvalue weighted by atomic mass is 10.3. The van der Waals surface area contributed by atoms with E-state index in [9.17, 15) is 0 Å². The maximum atomic E-state index is 8.71. The number of pyridine rings is 1. The van der Waals surface area contributed by atoms with E-state index in [4.69, 9.17) is 11.0 Å². The second-order valence-electron chi connectivity index (χ2n) is 3.61. The normalized spacial score (nSPS) is 10.5. The van der Waals surface area contributed by atoms with Crippen molar-refractivity contribution in [3.63, 3.8) is 0 Å². The molecule has 0 aliphatic rings. The summed E-state index contributed by atoms with van der Waals surface area (Å²) >= 11 is 1.64. The Balaban J connectivity index is 2.50. The highest BCUT2D eigenvalue weighted by Crippen LogP contribution is 2.22. The molecule has 0 fully saturated rings. The molecule has 0 saturated carbocycles. The molecule has 92 valence electrons. The van der Waals surface area contributed by atoms with E-state index in [1.807, 2.05) is 6.07 Å². The first-order chi connectivity index (χ1) is 8.21. The summed E-state index contributed by atoms with van der Waals surface area (Å²) in [5, 5.41) is 9.52. The Labute approximate surface area is 107 Å². The molecule has 0 saturated heterocycles. The molecular formula is C12H18N4S. The number of hydrogen-bond donors (Lipinski definition) is 1. The second kappa shape index (κ2) is 7.15. The molecule has 0 aromatic carbocycles. The predicted molar refractivity (Wildman–Crippen MR) is 71.9 cm³/mol. The van der Waals surface area contributed by atoms with Crippen LogP contribution in [0.5, 0.6) is 0 Å². The summed E-state index contributed by atoms with van der Waals surface area (Å²) in [5.74, 6) is 0.963. The predicted octanol–water partition coefficient (Wildman–Crippen LogP) is 1.97. The lowest BCUT2D eigenvalue weighted by Gasteiger charge is -2.17. The van der Waals surface area contributed by atoms with Gasteiger partial charge in [-0.1, -0.05) is 13.8 Å². The first-order valence-electron chi connectivity index (χ1n) is 5.72. The topological polar surface area (TPSA) is 65.9 Å². The van der Waals surface area contributed by atoms with Gasteiger partial charge in [0.15, 0.2) is 0 Å². The minimum atomic E-state index is 0.510. The summed E-state index contributed by atoms with van der Waals surface area (Å²) in [5.41, 5.74) is 6.93. The Morgan fingerprint density at radius 2 is 2.18 bits per heavy atom. The first kappa shape index (κ1) is 13.8. The van der Waals surface area contributed by atoms with Crippen LogP contribution in [0.25, 0.3) is 0 Å². The molecular weight excluding hydrogens is 232 g/mol. The summed E-state index contributed by atoms with van der Waals surface area (Å²) in [4.78, 5) is 6.55. The van der Waals surface area contributed by atoms with Crippen LogP contribution in [0.2, 0.25) is 0 Å². The van der Waals surface area contributed by atoms with E-state index in [1.54, 1.807) is 24.0 Å². The zero-order valence-corrected chi connectivity index (χ0v) is 11.1. The van der Waals surface area contributed by atoms with E-state index in [2.05, 4.69) is 23.7 Å². The highest BCUT2D eigenvalue weighted by molar-refractivity contribution is 7.99. The van der Waals surface area contributed by atoms with Gasteiger partial charge < -0.3 is 10.6 Å². The molecule has 5 heteroatoms. The average Bonchev–Trinajstić information content (AvgIpc) is 2.36. The number of anilines is 1. The second-order valence-corrected chi connectivity index (χ2v) is 4.69. The van der Waals surface area contributed by atoms with Crippen molar-refractivity contribution in [1.82, 2.24) is 9.88 Å². The van der Waals surface area contributed by atoms with Gasteiger partial charge in [-0.3, -0.25) is 0 Å². The van der Waals surface area contributed by atoms with Crippen molar-refractivity contribution < 1.29 is 0 Å². The molecule has 2 N–H and O–H groups in total. The quantitative estimate of drug-likeness (QED) is 0.782. The van der Waals surface area contributed by atoms with Crippen LogP contribution < -0.4 is 5.73 Å². The van der Waals surface area contributed by atoms with Gasteiger partial charge in [-0.25, -0.2) is 4.98 Å². The van der Waals surface area contributed by atoms with Crippen LogP contribution in [0, 0.1) is 11.3 Å². The van der Waals surface area contributed by atoms with Gasteiger partial charge in [0.05, 0.1) is 11.3 Å². The third-order valence-electron chi connectivity index (χ3n) is 2.55. The number of thioether (sulfide) groups is 1. The summed E-state index contributed by atoms with van der Waals surface area (Å²) in [6, 6.07) is 3.70. The van der Waals surface area contributed by atoms with Crippen molar-refractivity contribution in [2.45, 2.75) is 18.9 Å². The third-order valence-corrected chi connectivity index (χ3v) is 3.55. The first-order valence-corrected chi connectivity index (χ1v) is 6.70. The zero-order valence-electron chi connectivity index (χ0n) is 10.3. The Bertz CT molecular complexity index is 396. The molecule has 1 aromatic heterocycles. The average molecular weight is 250 g/mol. The molecule has 0 aliphatic carbocycles. The van der Waals surface area contributed by atoms with Crippen molar-refractivity contribution in [2.24, 2.45) is 0 Å². The molecule has 17 heavy (non-hydrogen) atoms. The molecule has 0 aliphatic heterocycles. The summed E-state index contributed by atoms with van der Waals surface area (Å²) < 4.78 is 0. The monoisotopic (exact) mass is 250 g/mol. The molecule has 1 heterocycles. The van der Waals surface area contributed by atoms with Crippen LogP contribution in [-0.2, 0) is 0 Å². The highest BCUT2D eigenvalue weighted by Gasteiger charge is 2.04. The van der Waals surface area contributed by atoms with E-state index >= 15 is 0 Å². The van der Waals surface area contributed by atoms with Gasteiger partial charge in [0.25, 0.3) is 0 Å². The lowest BCUT2D eigenvalue weighted by molar-refractivity contribution is 0.324. The van der Waals surface area contributed by atoms with Gasteiger partial charge in [0, 0.05) is 18.5 Å². The lowest BCUT2D eigenvalue weighted by Crippen LogP contribution is -2.25. The Kier molecular flexibility index (Phi) is 5.81. The van der Waals surface area contributed by atoms with Crippen molar-refractivity contribution in [2.75, 3.05) is 31.1 Å². The number of rotatable bonds is 6. The minimum Gasteiger partial charge on any atom is -0.397 e. The van der Waals surface area contributed by atoms with E-state index < -0.39 is 0 Å². The number of nitrogens with two attached hydrogens (primary N) is 1. The zero-order chi connectivity index (χ0) is 12.7. The van der Waals surface area contributed by atoms with Crippen molar-refractivity contribution in [3.05, 3.63) is 17.8 Å². The maximum absolute atomic E-state index is 8.71. The van der Waals surface area contributed by atoms with Crippen LogP contribution in [0.1, 0.15) is 19.4 Å². The van der Waals surface area contributed by atoms with Gasteiger partial charge in [-0.2, -0.15) is 5.26 Å². The molecule has 0 spiro atoms. The van der Waals surface area contributed by atoms with Crippen LogP contribution in [0.4, 0.5) is 5.69 Å². The van der Waals surface area contributed by atoms with E-state index in [0.29, 0.717) is 11.3 Å². The number of hydrogen-bond acceptors (Lipinski definition) is 5. The van der Waals surface area contributed by atoms with Crippen molar-refractivity contribution in [1.29, 1.82) is 5.26 Å². The van der Waals surface area contributed by atoms with Crippen LogP contribution in [0.3, 0.4) is 0 Å². The minimum absolute atomic E-state index is 0.510. The van der Waals surface area contributed by atoms with E-state index in [-0.39, 0.29) is 0 Å².